The monoisotopic (exact) mass is 314 g/mol. The molecule has 0 fully saturated rings. The van der Waals surface area contributed by atoms with E-state index in [0.717, 1.165) is 10.2 Å². The highest BCUT2D eigenvalue weighted by Gasteiger charge is 2.13. The summed E-state index contributed by atoms with van der Waals surface area (Å²) in [6.45, 7) is 1.89. The molecule has 17 heavy (non-hydrogen) atoms. The summed E-state index contributed by atoms with van der Waals surface area (Å²) in [6.07, 6.45) is 2.92. The number of amides is 1. The van der Waals surface area contributed by atoms with Gasteiger partial charge in [0.2, 0.25) is 5.22 Å². The lowest BCUT2D eigenvalue weighted by Crippen LogP contribution is -2.11. The van der Waals surface area contributed by atoms with E-state index < -0.39 is 0 Å². The number of carbonyl (C=O) groups excluding carboxylic acids is 1. The van der Waals surface area contributed by atoms with Gasteiger partial charge in [-0.1, -0.05) is 0 Å². The van der Waals surface area contributed by atoms with Crippen molar-refractivity contribution in [2.45, 2.75) is 6.92 Å². The molecule has 0 unspecified atom stereocenters. The van der Waals surface area contributed by atoms with Gasteiger partial charge in [0.15, 0.2) is 0 Å². The van der Waals surface area contributed by atoms with E-state index in [4.69, 9.17) is 16.0 Å². The fourth-order valence-electron chi connectivity index (χ4n) is 1.28. The molecule has 2 aromatic heterocycles. The number of hydrogen-bond donors (Lipinski definition) is 1. The van der Waals surface area contributed by atoms with Crippen LogP contribution < -0.4 is 5.32 Å². The summed E-state index contributed by atoms with van der Waals surface area (Å²) in [4.78, 5) is 15.9. The van der Waals surface area contributed by atoms with Gasteiger partial charge in [0, 0.05) is 0 Å². The fourth-order valence-corrected chi connectivity index (χ4v) is 1.70. The average Bonchev–Trinajstić information content (AvgIpc) is 2.70. The number of carbonyl (C=O) groups is 1. The summed E-state index contributed by atoms with van der Waals surface area (Å²) < 4.78 is 5.59. The van der Waals surface area contributed by atoms with Gasteiger partial charge in [-0.2, -0.15) is 0 Å². The lowest BCUT2D eigenvalue weighted by molar-refractivity contribution is 0.102. The van der Waals surface area contributed by atoms with Gasteiger partial charge in [0.05, 0.1) is 23.7 Å². The van der Waals surface area contributed by atoms with E-state index in [0.29, 0.717) is 11.3 Å². The van der Waals surface area contributed by atoms with Gasteiger partial charge in [0.1, 0.15) is 4.60 Å². The number of pyridine rings is 1. The van der Waals surface area contributed by atoms with Crippen molar-refractivity contribution >= 4 is 39.1 Å². The van der Waals surface area contributed by atoms with Crippen LogP contribution in [0, 0.1) is 6.92 Å². The molecule has 0 aliphatic carbocycles. The Bertz CT molecular complexity index is 568. The third kappa shape index (κ3) is 2.68. The first-order chi connectivity index (χ1) is 8.08. The Morgan fingerprint density at radius 1 is 1.59 bits per heavy atom. The highest BCUT2D eigenvalue weighted by atomic mass is 79.9. The van der Waals surface area contributed by atoms with E-state index in [9.17, 15) is 4.79 Å². The van der Waals surface area contributed by atoms with Crippen molar-refractivity contribution in [3.05, 3.63) is 45.5 Å². The number of anilines is 1. The van der Waals surface area contributed by atoms with Gasteiger partial charge >= 0.3 is 0 Å². The zero-order chi connectivity index (χ0) is 12.4. The maximum atomic E-state index is 11.8. The minimum Gasteiger partial charge on any atom is -0.452 e. The van der Waals surface area contributed by atoms with Gasteiger partial charge in [-0.25, -0.2) is 4.98 Å². The molecule has 0 spiro atoms. The number of aryl methyl sites for hydroxylation is 1. The normalized spacial score (nSPS) is 10.3. The Morgan fingerprint density at radius 3 is 2.94 bits per heavy atom. The molecular formula is C11H8BrClN2O2. The quantitative estimate of drug-likeness (QED) is 0.861. The van der Waals surface area contributed by atoms with Crippen LogP contribution in [0.25, 0.3) is 0 Å². The molecule has 0 radical (unpaired) electrons. The maximum Gasteiger partial charge on any atom is 0.260 e. The number of furan rings is 1. The van der Waals surface area contributed by atoms with Crippen LogP contribution in [0.4, 0.5) is 5.69 Å². The topological polar surface area (TPSA) is 55.1 Å². The number of halogens is 2. The average molecular weight is 316 g/mol. The van der Waals surface area contributed by atoms with Crippen LogP contribution in [0.1, 0.15) is 15.9 Å². The highest BCUT2D eigenvalue weighted by molar-refractivity contribution is 9.10. The zero-order valence-corrected chi connectivity index (χ0v) is 11.2. The first kappa shape index (κ1) is 12.1. The minimum atomic E-state index is -0.327. The van der Waals surface area contributed by atoms with Gasteiger partial charge in [-0.15, -0.1) is 0 Å². The van der Waals surface area contributed by atoms with Crippen LogP contribution in [0.3, 0.4) is 0 Å². The van der Waals surface area contributed by atoms with Gasteiger partial charge in [-0.3, -0.25) is 4.79 Å². The zero-order valence-electron chi connectivity index (χ0n) is 8.83. The second-order valence-corrected chi connectivity index (χ2v) is 4.49. The number of nitrogens with zero attached hydrogens (tertiary/aromatic N) is 1. The molecular weight excluding hydrogens is 307 g/mol. The smallest absolute Gasteiger partial charge is 0.260 e. The predicted molar refractivity (Wildman–Crippen MR) is 68.3 cm³/mol. The van der Waals surface area contributed by atoms with E-state index in [-0.39, 0.29) is 11.1 Å². The highest BCUT2D eigenvalue weighted by Crippen LogP contribution is 2.20. The molecule has 0 aromatic carbocycles. The van der Waals surface area contributed by atoms with Crippen molar-refractivity contribution in [3.63, 3.8) is 0 Å². The molecule has 0 saturated heterocycles. The summed E-state index contributed by atoms with van der Waals surface area (Å²) in [7, 11) is 0. The Kier molecular flexibility index (Phi) is 3.49. The van der Waals surface area contributed by atoms with Crippen LogP contribution in [-0.2, 0) is 0 Å². The molecule has 2 heterocycles. The Hall–Kier alpha value is -1.33. The largest absolute Gasteiger partial charge is 0.452 e. The van der Waals surface area contributed by atoms with Crippen molar-refractivity contribution in [2.75, 3.05) is 5.32 Å². The van der Waals surface area contributed by atoms with Gasteiger partial charge in [-0.05, 0) is 52.2 Å². The third-order valence-corrected chi connectivity index (χ3v) is 3.26. The van der Waals surface area contributed by atoms with Crippen molar-refractivity contribution < 1.29 is 9.21 Å². The molecule has 0 bridgehead atoms. The summed E-state index contributed by atoms with van der Waals surface area (Å²) >= 11 is 8.99. The van der Waals surface area contributed by atoms with Crippen molar-refractivity contribution in [2.24, 2.45) is 0 Å². The molecule has 1 N–H and O–H groups in total. The van der Waals surface area contributed by atoms with Crippen LogP contribution in [-0.4, -0.2) is 10.9 Å². The fraction of sp³-hybridized carbons (Fsp3) is 0.0909. The minimum absolute atomic E-state index is 0.0734. The molecule has 0 aliphatic heterocycles. The number of aromatic nitrogens is 1. The van der Waals surface area contributed by atoms with Crippen molar-refractivity contribution in [1.29, 1.82) is 0 Å². The summed E-state index contributed by atoms with van der Waals surface area (Å²) in [5, 5.41) is 2.76. The second kappa shape index (κ2) is 4.89. The Balaban J connectivity index is 2.19. The van der Waals surface area contributed by atoms with Crippen LogP contribution in [0.15, 0.2) is 33.6 Å². The van der Waals surface area contributed by atoms with Crippen LogP contribution in [0.2, 0.25) is 5.22 Å². The molecule has 0 atom stereocenters. The van der Waals surface area contributed by atoms with E-state index in [1.54, 1.807) is 6.20 Å². The van der Waals surface area contributed by atoms with E-state index in [1.165, 1.54) is 12.3 Å². The Morgan fingerprint density at radius 2 is 2.35 bits per heavy atom. The van der Waals surface area contributed by atoms with E-state index in [2.05, 4.69) is 26.2 Å². The first-order valence-electron chi connectivity index (χ1n) is 4.74. The lowest BCUT2D eigenvalue weighted by atomic mass is 10.2. The molecule has 2 aromatic rings. The second-order valence-electron chi connectivity index (χ2n) is 3.39. The number of hydrogen-bond acceptors (Lipinski definition) is 3. The maximum absolute atomic E-state index is 11.8. The first-order valence-corrected chi connectivity index (χ1v) is 5.91. The van der Waals surface area contributed by atoms with Crippen molar-refractivity contribution in [3.8, 4) is 0 Å². The molecule has 0 saturated carbocycles. The van der Waals surface area contributed by atoms with Crippen molar-refractivity contribution in [1.82, 2.24) is 4.98 Å². The van der Waals surface area contributed by atoms with E-state index in [1.807, 2.05) is 13.0 Å². The molecule has 6 heteroatoms. The molecule has 1 amide bonds. The van der Waals surface area contributed by atoms with Crippen LogP contribution >= 0.6 is 27.5 Å². The molecule has 88 valence electrons. The molecule has 2 rings (SSSR count). The summed E-state index contributed by atoms with van der Waals surface area (Å²) in [5.41, 5.74) is 1.83. The van der Waals surface area contributed by atoms with E-state index >= 15 is 0 Å². The SMILES string of the molecule is Cc1cc(NC(=O)c2ccoc2Cl)cnc1Br. The Labute approximate surface area is 111 Å². The number of nitrogens with one attached hydrogen (secondary N) is 1. The number of rotatable bonds is 2. The lowest BCUT2D eigenvalue weighted by Gasteiger charge is -2.05. The van der Waals surface area contributed by atoms with Gasteiger partial charge < -0.3 is 9.73 Å². The standard InChI is InChI=1S/C11H8BrClN2O2/c1-6-4-7(5-14-9(6)12)15-11(16)8-2-3-17-10(8)13/h2-5H,1H3,(H,15,16). The third-order valence-electron chi connectivity index (χ3n) is 2.13. The molecule has 0 aliphatic rings. The molecule has 4 nitrogen and oxygen atoms in total. The van der Waals surface area contributed by atoms with Crippen LogP contribution in [0.5, 0.6) is 0 Å². The predicted octanol–water partition coefficient (Wildman–Crippen LogP) is 3.65. The summed E-state index contributed by atoms with van der Waals surface area (Å²) in [5.74, 6) is -0.327. The van der Waals surface area contributed by atoms with Gasteiger partial charge in [0.25, 0.3) is 5.91 Å². The summed E-state index contributed by atoms with van der Waals surface area (Å²) in [6, 6.07) is 3.32.